The van der Waals surface area contributed by atoms with Crippen LogP contribution in [0.2, 0.25) is 0 Å². The maximum Gasteiger partial charge on any atom is 0.273 e. The van der Waals surface area contributed by atoms with E-state index in [1.54, 1.807) is 42.7 Å². The van der Waals surface area contributed by atoms with Crippen molar-refractivity contribution in [3.63, 3.8) is 0 Å². The second-order valence-corrected chi connectivity index (χ2v) is 11.7. The molecule has 1 atom stereocenters. The molecule has 5 rings (SSSR count). The number of amides is 2. The topological polar surface area (TPSA) is 83.0 Å². The van der Waals surface area contributed by atoms with E-state index in [2.05, 4.69) is 36.1 Å². The van der Waals surface area contributed by atoms with Crippen molar-refractivity contribution in [3.8, 4) is 5.75 Å². The van der Waals surface area contributed by atoms with Crippen molar-refractivity contribution < 1.29 is 19.1 Å². The number of ketones is 1. The zero-order valence-electron chi connectivity index (χ0n) is 23.8. The first kappa shape index (κ1) is 29.0. The lowest BCUT2D eigenvalue weighted by Gasteiger charge is -2.38. The lowest BCUT2D eigenvalue weighted by molar-refractivity contribution is -0.132. The third-order valence-corrected chi connectivity index (χ3v) is 9.35. The van der Waals surface area contributed by atoms with Gasteiger partial charge in [-0.25, -0.2) is 4.98 Å². The summed E-state index contributed by atoms with van der Waals surface area (Å²) in [7, 11) is 1.59. The molecule has 2 aliphatic heterocycles. The molecule has 0 N–H and O–H groups in total. The molecular formula is C32H38N4O4S. The zero-order valence-corrected chi connectivity index (χ0v) is 24.6. The number of ether oxygens (including phenoxy) is 1. The monoisotopic (exact) mass is 574 g/mol. The average molecular weight is 575 g/mol. The van der Waals surface area contributed by atoms with Crippen molar-refractivity contribution in [2.45, 2.75) is 44.6 Å². The summed E-state index contributed by atoms with van der Waals surface area (Å²) in [5.74, 6) is 0.928. The van der Waals surface area contributed by atoms with Crippen LogP contribution in [-0.4, -0.2) is 83.7 Å². The number of piperazine rings is 1. The van der Waals surface area contributed by atoms with Gasteiger partial charge in [-0.05, 0) is 49.6 Å². The number of rotatable bonds is 9. The van der Waals surface area contributed by atoms with Crippen LogP contribution in [0, 0.1) is 0 Å². The normalized spacial score (nSPS) is 17.3. The lowest BCUT2D eigenvalue weighted by Crippen LogP contribution is -2.49. The summed E-state index contributed by atoms with van der Waals surface area (Å²) in [4.78, 5) is 49.4. The molecule has 1 unspecified atom stereocenters. The predicted octanol–water partition coefficient (Wildman–Crippen LogP) is 5.04. The summed E-state index contributed by atoms with van der Waals surface area (Å²) in [5.41, 5.74) is 2.42. The number of Topliss-reactive ketones (excluding diaryl/α,β-unsaturated/α-hetero) is 1. The van der Waals surface area contributed by atoms with E-state index < -0.39 is 0 Å². The van der Waals surface area contributed by atoms with Crippen molar-refractivity contribution in [1.29, 1.82) is 0 Å². The number of hydrogen-bond acceptors (Lipinski definition) is 7. The highest BCUT2D eigenvalue weighted by Crippen LogP contribution is 2.31. The minimum Gasteiger partial charge on any atom is -0.497 e. The molecule has 0 aliphatic carbocycles. The molecule has 216 valence electrons. The number of piperidine rings is 1. The average Bonchev–Trinajstić information content (AvgIpc) is 3.54. The minimum absolute atomic E-state index is 0.00801. The van der Waals surface area contributed by atoms with Gasteiger partial charge < -0.3 is 14.5 Å². The standard InChI is InChI=1S/C32H38N4O4S/c1-23(24-6-4-3-5-7-24)34-18-20-36(21-19-34)32(39)28-22-41-31(33-28)26-14-16-35(17-15-26)30(38)13-12-29(37)25-8-10-27(40-2)11-9-25/h3-11,22-23,26H,12-21H2,1-2H3. The van der Waals surface area contributed by atoms with Crippen LogP contribution in [0.1, 0.15) is 76.0 Å². The Hall–Kier alpha value is -3.56. The zero-order chi connectivity index (χ0) is 28.8. The molecule has 9 heteroatoms. The Labute approximate surface area is 245 Å². The summed E-state index contributed by atoms with van der Waals surface area (Å²) < 4.78 is 5.14. The molecule has 0 radical (unpaired) electrons. The van der Waals surface area contributed by atoms with E-state index in [0.717, 1.165) is 30.9 Å². The highest BCUT2D eigenvalue weighted by molar-refractivity contribution is 7.09. The minimum atomic E-state index is -0.0389. The summed E-state index contributed by atoms with van der Waals surface area (Å²) in [6.07, 6.45) is 2.04. The smallest absolute Gasteiger partial charge is 0.273 e. The van der Waals surface area contributed by atoms with Crippen LogP contribution in [0.25, 0.3) is 0 Å². The number of thiazole rings is 1. The highest BCUT2D eigenvalue weighted by atomic mass is 32.1. The number of nitrogens with zero attached hydrogens (tertiary/aromatic N) is 4. The van der Waals surface area contributed by atoms with E-state index in [1.165, 1.54) is 5.56 Å². The molecule has 3 heterocycles. The molecule has 2 aliphatic rings. The highest BCUT2D eigenvalue weighted by Gasteiger charge is 2.29. The summed E-state index contributed by atoms with van der Waals surface area (Å²) in [6.45, 7) is 6.60. The van der Waals surface area contributed by atoms with E-state index in [9.17, 15) is 14.4 Å². The predicted molar refractivity (Wildman–Crippen MR) is 160 cm³/mol. The summed E-state index contributed by atoms with van der Waals surface area (Å²) in [5, 5.41) is 2.87. The number of hydrogen-bond donors (Lipinski definition) is 0. The van der Waals surface area contributed by atoms with Crippen molar-refractivity contribution in [2.75, 3.05) is 46.4 Å². The molecule has 41 heavy (non-hydrogen) atoms. The number of carbonyl (C=O) groups excluding carboxylic acids is 3. The van der Waals surface area contributed by atoms with Crippen LogP contribution in [0.15, 0.2) is 60.0 Å². The van der Waals surface area contributed by atoms with E-state index in [1.807, 2.05) is 21.2 Å². The fourth-order valence-corrected chi connectivity index (χ4v) is 6.63. The lowest BCUT2D eigenvalue weighted by atomic mass is 9.97. The number of benzene rings is 2. The molecular weight excluding hydrogens is 536 g/mol. The fourth-order valence-electron chi connectivity index (χ4n) is 5.67. The third-order valence-electron chi connectivity index (χ3n) is 8.35. The van der Waals surface area contributed by atoms with E-state index in [4.69, 9.17) is 9.72 Å². The van der Waals surface area contributed by atoms with Crippen LogP contribution in [0.3, 0.4) is 0 Å². The number of aromatic nitrogens is 1. The van der Waals surface area contributed by atoms with E-state index in [-0.39, 0.29) is 36.4 Å². The molecule has 2 fully saturated rings. The number of likely N-dealkylation sites (tertiary alicyclic amines) is 1. The largest absolute Gasteiger partial charge is 0.497 e. The van der Waals surface area contributed by atoms with Crippen LogP contribution >= 0.6 is 11.3 Å². The first-order valence-corrected chi connectivity index (χ1v) is 15.3. The van der Waals surface area contributed by atoms with Gasteiger partial charge in [-0.2, -0.15) is 0 Å². The molecule has 2 aromatic carbocycles. The van der Waals surface area contributed by atoms with Crippen LogP contribution in [0.5, 0.6) is 5.75 Å². The van der Waals surface area contributed by atoms with E-state index >= 15 is 0 Å². The Bertz CT molecular complexity index is 1330. The Morgan fingerprint density at radius 3 is 2.24 bits per heavy atom. The molecule has 0 bridgehead atoms. The molecule has 0 saturated carbocycles. The quantitative estimate of drug-likeness (QED) is 0.333. The van der Waals surface area contributed by atoms with Gasteiger partial charge in [-0.3, -0.25) is 19.3 Å². The van der Waals surface area contributed by atoms with Crippen molar-refractivity contribution >= 4 is 28.9 Å². The maximum atomic E-state index is 13.2. The maximum absolute atomic E-state index is 13.2. The van der Waals surface area contributed by atoms with Gasteiger partial charge in [-0.15, -0.1) is 11.3 Å². The Morgan fingerprint density at radius 2 is 1.59 bits per heavy atom. The Morgan fingerprint density at radius 1 is 0.902 bits per heavy atom. The van der Waals surface area contributed by atoms with Crippen molar-refractivity contribution in [2.24, 2.45) is 0 Å². The van der Waals surface area contributed by atoms with Gasteiger partial charge in [0.1, 0.15) is 11.4 Å². The Balaban J connectivity index is 1.06. The van der Waals surface area contributed by atoms with Crippen molar-refractivity contribution in [1.82, 2.24) is 19.7 Å². The van der Waals surface area contributed by atoms with Crippen LogP contribution < -0.4 is 4.74 Å². The molecule has 2 amide bonds. The van der Waals surface area contributed by atoms with Crippen LogP contribution in [-0.2, 0) is 4.79 Å². The number of methoxy groups -OCH3 is 1. The Kier molecular flexibility index (Phi) is 9.46. The fraction of sp³-hybridized carbons (Fsp3) is 0.438. The molecule has 1 aromatic heterocycles. The van der Waals surface area contributed by atoms with Crippen LogP contribution in [0.4, 0.5) is 0 Å². The number of carbonyl (C=O) groups is 3. The summed E-state index contributed by atoms with van der Waals surface area (Å²) in [6, 6.07) is 17.8. The van der Waals surface area contributed by atoms with Crippen molar-refractivity contribution in [3.05, 3.63) is 81.8 Å². The van der Waals surface area contributed by atoms with Gasteiger partial charge in [-0.1, -0.05) is 30.3 Å². The van der Waals surface area contributed by atoms with Gasteiger partial charge in [0, 0.05) is 75.0 Å². The van der Waals surface area contributed by atoms with Gasteiger partial charge in [0.05, 0.1) is 12.1 Å². The molecule has 8 nitrogen and oxygen atoms in total. The SMILES string of the molecule is COc1ccc(C(=O)CCC(=O)N2CCC(c3nc(C(=O)N4CCN(C(C)c5ccccc5)CC4)cs3)CC2)cc1. The van der Waals surface area contributed by atoms with Gasteiger partial charge in [0.2, 0.25) is 5.91 Å². The van der Waals surface area contributed by atoms with Gasteiger partial charge >= 0.3 is 0 Å². The summed E-state index contributed by atoms with van der Waals surface area (Å²) >= 11 is 1.55. The van der Waals surface area contributed by atoms with Gasteiger partial charge in [0.15, 0.2) is 5.78 Å². The molecule has 2 saturated heterocycles. The second-order valence-electron chi connectivity index (χ2n) is 10.8. The third kappa shape index (κ3) is 7.02. The first-order chi connectivity index (χ1) is 19.9. The van der Waals surface area contributed by atoms with Gasteiger partial charge in [0.25, 0.3) is 5.91 Å². The second kappa shape index (κ2) is 13.4. The van der Waals surface area contributed by atoms with E-state index in [0.29, 0.717) is 49.2 Å². The molecule has 3 aromatic rings. The molecule has 0 spiro atoms. The first-order valence-electron chi connectivity index (χ1n) is 14.4.